The number of hydrogen-bond acceptors (Lipinski definition) is 5. The molecule has 1 amide bonds. The summed E-state index contributed by atoms with van der Waals surface area (Å²) in [4.78, 5) is 35.7. The van der Waals surface area contributed by atoms with E-state index in [1.807, 2.05) is 0 Å². The van der Waals surface area contributed by atoms with Crippen molar-refractivity contribution in [2.75, 3.05) is 12.4 Å². The van der Waals surface area contributed by atoms with Gasteiger partial charge in [-0.05, 0) is 25.1 Å². The van der Waals surface area contributed by atoms with Gasteiger partial charge in [-0.1, -0.05) is 30.3 Å². The van der Waals surface area contributed by atoms with Crippen LogP contribution in [0.3, 0.4) is 0 Å². The van der Waals surface area contributed by atoms with Gasteiger partial charge in [0.1, 0.15) is 11.6 Å². The fourth-order valence-corrected chi connectivity index (χ4v) is 2.88. The monoisotopic (exact) mass is 375 g/mol. The second-order valence-corrected chi connectivity index (χ2v) is 6.45. The predicted molar refractivity (Wildman–Crippen MR) is 96.4 cm³/mol. The molecule has 0 atom stereocenters. The van der Waals surface area contributed by atoms with Crippen molar-refractivity contribution < 1.29 is 23.5 Å². The third-order valence-corrected chi connectivity index (χ3v) is 4.52. The Hall–Kier alpha value is -2.67. The summed E-state index contributed by atoms with van der Waals surface area (Å²) in [5.74, 6) is -1.37. The van der Waals surface area contributed by atoms with Gasteiger partial charge in [-0.25, -0.2) is 9.18 Å². The number of hydrogen-bond donors (Lipinski definition) is 1. The van der Waals surface area contributed by atoms with Crippen LogP contribution in [0.2, 0.25) is 0 Å². The molecule has 0 aromatic heterocycles. The number of carbonyl (C=O) groups is 3. The molecule has 0 heterocycles. The lowest BCUT2D eigenvalue weighted by Crippen LogP contribution is -2.28. The van der Waals surface area contributed by atoms with Gasteiger partial charge >= 0.3 is 5.97 Å². The molecule has 0 saturated heterocycles. The lowest BCUT2D eigenvalue weighted by molar-refractivity contribution is -0.124. The van der Waals surface area contributed by atoms with Gasteiger partial charge in [-0.2, -0.15) is 0 Å². The highest BCUT2D eigenvalue weighted by Gasteiger charge is 2.15. The van der Waals surface area contributed by atoms with E-state index in [1.165, 1.54) is 24.8 Å². The van der Waals surface area contributed by atoms with Gasteiger partial charge < -0.3 is 10.1 Å². The van der Waals surface area contributed by atoms with Crippen LogP contribution in [0.1, 0.15) is 22.8 Å². The average molecular weight is 375 g/mol. The number of rotatable bonds is 8. The van der Waals surface area contributed by atoms with Crippen LogP contribution >= 0.6 is 11.8 Å². The van der Waals surface area contributed by atoms with Gasteiger partial charge in [-0.15, -0.1) is 11.8 Å². The van der Waals surface area contributed by atoms with Crippen LogP contribution in [-0.4, -0.2) is 30.0 Å². The Kier molecular flexibility index (Phi) is 7.35. The molecule has 0 unspecified atom stereocenters. The van der Waals surface area contributed by atoms with Gasteiger partial charge in [0.15, 0.2) is 6.61 Å². The highest BCUT2D eigenvalue weighted by Crippen LogP contribution is 2.23. The van der Waals surface area contributed by atoms with Crippen LogP contribution in [0.5, 0.6) is 0 Å². The van der Waals surface area contributed by atoms with Crippen molar-refractivity contribution in [3.8, 4) is 0 Å². The van der Waals surface area contributed by atoms with Crippen molar-refractivity contribution in [1.29, 1.82) is 0 Å². The Morgan fingerprint density at radius 2 is 1.77 bits per heavy atom. The van der Waals surface area contributed by atoms with E-state index in [2.05, 4.69) is 5.32 Å². The molecule has 2 aromatic carbocycles. The molecule has 0 spiro atoms. The molecule has 2 aromatic rings. The maximum Gasteiger partial charge on any atom is 0.339 e. The summed E-state index contributed by atoms with van der Waals surface area (Å²) < 4.78 is 18.5. The zero-order valence-corrected chi connectivity index (χ0v) is 15.0. The van der Waals surface area contributed by atoms with E-state index in [0.717, 1.165) is 0 Å². The van der Waals surface area contributed by atoms with Crippen LogP contribution in [0.15, 0.2) is 53.4 Å². The summed E-state index contributed by atoms with van der Waals surface area (Å²) in [6.45, 7) is 1.00. The molecule has 0 fully saturated rings. The summed E-state index contributed by atoms with van der Waals surface area (Å²) in [6.07, 6.45) is 0. The zero-order chi connectivity index (χ0) is 18.9. The van der Waals surface area contributed by atoms with E-state index in [4.69, 9.17) is 4.74 Å². The second kappa shape index (κ2) is 9.72. The van der Waals surface area contributed by atoms with Crippen LogP contribution in [-0.2, 0) is 20.9 Å². The number of halogens is 1. The van der Waals surface area contributed by atoms with Gasteiger partial charge in [0.05, 0.1) is 11.3 Å². The van der Waals surface area contributed by atoms with Gasteiger partial charge in [-0.3, -0.25) is 9.59 Å². The minimum Gasteiger partial charge on any atom is -0.452 e. The maximum absolute atomic E-state index is 13.5. The second-order valence-electron chi connectivity index (χ2n) is 5.43. The van der Waals surface area contributed by atoms with Crippen molar-refractivity contribution in [2.24, 2.45) is 0 Å². The van der Waals surface area contributed by atoms with Gasteiger partial charge in [0.2, 0.25) is 0 Å². The Bertz CT molecular complexity index is 810. The summed E-state index contributed by atoms with van der Waals surface area (Å²) in [7, 11) is 0. The van der Waals surface area contributed by atoms with E-state index in [1.54, 1.807) is 42.5 Å². The van der Waals surface area contributed by atoms with Crippen molar-refractivity contribution in [3.05, 3.63) is 65.5 Å². The Balaban J connectivity index is 1.87. The Morgan fingerprint density at radius 1 is 1.08 bits per heavy atom. The van der Waals surface area contributed by atoms with Crippen LogP contribution in [0.25, 0.3) is 0 Å². The smallest absolute Gasteiger partial charge is 0.339 e. The number of nitrogens with one attached hydrogen (secondary N) is 1. The summed E-state index contributed by atoms with van der Waals surface area (Å²) >= 11 is 1.23. The third-order valence-electron chi connectivity index (χ3n) is 3.31. The molecule has 0 saturated carbocycles. The first-order chi connectivity index (χ1) is 12.5. The Morgan fingerprint density at radius 3 is 2.50 bits per heavy atom. The summed E-state index contributed by atoms with van der Waals surface area (Å²) in [5, 5.41) is 2.50. The standard InChI is InChI=1S/C19H18FNO4S/c1-13(22)12-26-17-9-5-3-7-15(17)19(24)25-11-18(23)21-10-14-6-2-4-8-16(14)20/h2-9H,10-12H2,1H3,(H,21,23). The average Bonchev–Trinajstić information content (AvgIpc) is 2.64. The number of thioether (sulfide) groups is 1. The Labute approximate surface area is 154 Å². The molecule has 0 aliphatic rings. The van der Waals surface area contributed by atoms with Crippen molar-refractivity contribution >= 4 is 29.4 Å². The SMILES string of the molecule is CC(=O)CSc1ccccc1C(=O)OCC(=O)NCc1ccccc1F. The third kappa shape index (κ3) is 6.00. The molecule has 0 bridgehead atoms. The minimum atomic E-state index is -0.655. The lowest BCUT2D eigenvalue weighted by atomic mass is 10.2. The van der Waals surface area contributed by atoms with Crippen molar-refractivity contribution in [3.63, 3.8) is 0 Å². The van der Waals surface area contributed by atoms with Gasteiger partial charge in [0.25, 0.3) is 5.91 Å². The molecule has 136 valence electrons. The van der Waals surface area contributed by atoms with Gasteiger partial charge in [0, 0.05) is 17.0 Å². The van der Waals surface area contributed by atoms with E-state index < -0.39 is 24.3 Å². The highest BCUT2D eigenvalue weighted by atomic mass is 32.2. The molecule has 26 heavy (non-hydrogen) atoms. The first-order valence-corrected chi connectivity index (χ1v) is 8.84. The predicted octanol–water partition coefficient (Wildman–Crippen LogP) is 2.98. The highest BCUT2D eigenvalue weighted by molar-refractivity contribution is 8.00. The quantitative estimate of drug-likeness (QED) is 0.567. The molecule has 0 aliphatic carbocycles. The number of esters is 1. The van der Waals surface area contributed by atoms with Crippen LogP contribution in [0, 0.1) is 5.82 Å². The van der Waals surface area contributed by atoms with E-state index in [-0.39, 0.29) is 18.1 Å². The van der Waals surface area contributed by atoms with E-state index in [0.29, 0.717) is 16.0 Å². The molecule has 5 nitrogen and oxygen atoms in total. The fraction of sp³-hybridized carbons (Fsp3) is 0.211. The maximum atomic E-state index is 13.5. The van der Waals surface area contributed by atoms with Crippen LogP contribution in [0.4, 0.5) is 4.39 Å². The van der Waals surface area contributed by atoms with Crippen LogP contribution < -0.4 is 5.32 Å². The number of Topliss-reactive ketones (excluding diaryl/α,β-unsaturated/α-hetero) is 1. The minimum absolute atomic E-state index is 0.00804. The zero-order valence-electron chi connectivity index (χ0n) is 14.2. The first kappa shape index (κ1) is 19.7. The summed E-state index contributed by atoms with van der Waals surface area (Å²) in [6, 6.07) is 12.8. The van der Waals surface area contributed by atoms with Crippen molar-refractivity contribution in [2.45, 2.75) is 18.4 Å². The largest absolute Gasteiger partial charge is 0.452 e. The number of benzene rings is 2. The number of ketones is 1. The molecular weight excluding hydrogens is 357 g/mol. The molecule has 1 N–H and O–H groups in total. The summed E-state index contributed by atoms with van der Waals surface area (Å²) in [5.41, 5.74) is 0.638. The normalized spacial score (nSPS) is 10.2. The van der Waals surface area contributed by atoms with E-state index in [9.17, 15) is 18.8 Å². The molecule has 7 heteroatoms. The fourth-order valence-electron chi connectivity index (χ4n) is 2.04. The topological polar surface area (TPSA) is 72.5 Å². The molecular formula is C19H18FNO4S. The molecule has 2 rings (SSSR count). The number of amides is 1. The number of ether oxygens (including phenoxy) is 1. The van der Waals surface area contributed by atoms with E-state index >= 15 is 0 Å². The molecule has 0 radical (unpaired) electrons. The molecule has 0 aliphatic heterocycles. The number of carbonyl (C=O) groups excluding carboxylic acids is 3. The lowest BCUT2D eigenvalue weighted by Gasteiger charge is -2.09. The van der Waals surface area contributed by atoms with Crippen molar-refractivity contribution in [1.82, 2.24) is 5.32 Å². The first-order valence-electron chi connectivity index (χ1n) is 7.86.